The number of halogens is 1. The average Bonchev–Trinajstić information content (AvgIpc) is 3.05. The minimum absolute atomic E-state index is 0.156. The first kappa shape index (κ1) is 18.9. The van der Waals surface area contributed by atoms with E-state index >= 15 is 0 Å². The number of hydrogen-bond acceptors (Lipinski definition) is 7. The minimum atomic E-state index is -0.538. The highest BCUT2D eigenvalue weighted by Gasteiger charge is 2.22. The molecule has 2 rings (SSSR count). The molecule has 1 heterocycles. The standard InChI is InChI=1S/C17H17BrO7/c1-23-14(21)6-4-9-3-5-13(25-9)16-10(7-15(22)24-2)17(18)12(20)8-11(16)19/h3,5,8,19-20H,4,6-7H2,1-2H3. The maximum Gasteiger partial charge on any atom is 0.310 e. The van der Waals surface area contributed by atoms with E-state index in [1.807, 2.05) is 0 Å². The summed E-state index contributed by atoms with van der Waals surface area (Å²) in [6, 6.07) is 4.43. The number of furan rings is 1. The number of ether oxygens (including phenoxy) is 2. The Morgan fingerprint density at radius 3 is 2.44 bits per heavy atom. The van der Waals surface area contributed by atoms with Crippen molar-refractivity contribution in [3.05, 3.63) is 34.0 Å². The molecule has 0 radical (unpaired) electrons. The minimum Gasteiger partial charge on any atom is -0.507 e. The van der Waals surface area contributed by atoms with Crippen molar-refractivity contribution in [3.8, 4) is 22.8 Å². The van der Waals surface area contributed by atoms with Crippen LogP contribution in [0.5, 0.6) is 11.5 Å². The van der Waals surface area contributed by atoms with Gasteiger partial charge in [0, 0.05) is 12.5 Å². The summed E-state index contributed by atoms with van der Waals surface area (Å²) in [6.45, 7) is 0. The quantitative estimate of drug-likeness (QED) is 0.702. The lowest BCUT2D eigenvalue weighted by atomic mass is 10.0. The number of rotatable bonds is 6. The largest absolute Gasteiger partial charge is 0.507 e. The summed E-state index contributed by atoms with van der Waals surface area (Å²) in [7, 11) is 2.55. The maximum absolute atomic E-state index is 11.7. The lowest BCUT2D eigenvalue weighted by molar-refractivity contribution is -0.141. The molecule has 134 valence electrons. The lowest BCUT2D eigenvalue weighted by Crippen LogP contribution is -2.06. The number of phenolic OH excluding ortho intramolecular Hbond substituents is 2. The van der Waals surface area contributed by atoms with Gasteiger partial charge >= 0.3 is 11.9 Å². The summed E-state index contributed by atoms with van der Waals surface area (Å²) in [5.41, 5.74) is 0.595. The van der Waals surface area contributed by atoms with E-state index in [-0.39, 0.29) is 40.3 Å². The molecule has 0 fully saturated rings. The van der Waals surface area contributed by atoms with Crippen LogP contribution in [-0.4, -0.2) is 36.4 Å². The molecule has 1 aromatic carbocycles. The highest BCUT2D eigenvalue weighted by Crippen LogP contribution is 2.43. The van der Waals surface area contributed by atoms with Crippen molar-refractivity contribution in [2.45, 2.75) is 19.3 Å². The Labute approximate surface area is 152 Å². The second kappa shape index (κ2) is 8.06. The van der Waals surface area contributed by atoms with E-state index in [1.165, 1.54) is 14.2 Å². The van der Waals surface area contributed by atoms with Gasteiger partial charge in [0.1, 0.15) is 23.0 Å². The van der Waals surface area contributed by atoms with E-state index in [1.54, 1.807) is 12.1 Å². The molecular formula is C17H17BrO7. The van der Waals surface area contributed by atoms with Crippen molar-refractivity contribution in [2.75, 3.05) is 14.2 Å². The second-order valence-electron chi connectivity index (χ2n) is 5.18. The van der Waals surface area contributed by atoms with Crippen molar-refractivity contribution in [3.63, 3.8) is 0 Å². The van der Waals surface area contributed by atoms with E-state index < -0.39 is 5.97 Å². The fourth-order valence-corrected chi connectivity index (χ4v) is 2.77. The van der Waals surface area contributed by atoms with E-state index in [0.717, 1.165) is 6.07 Å². The third-order valence-corrected chi connectivity index (χ3v) is 4.47. The first-order valence-electron chi connectivity index (χ1n) is 7.33. The summed E-state index contributed by atoms with van der Waals surface area (Å²) in [5.74, 6) is -0.528. The van der Waals surface area contributed by atoms with Gasteiger partial charge in [-0.3, -0.25) is 9.59 Å². The fraction of sp³-hybridized carbons (Fsp3) is 0.294. The molecule has 0 saturated carbocycles. The molecule has 0 atom stereocenters. The smallest absolute Gasteiger partial charge is 0.310 e. The van der Waals surface area contributed by atoms with Crippen LogP contribution < -0.4 is 0 Å². The first-order chi connectivity index (χ1) is 11.9. The van der Waals surface area contributed by atoms with Crippen LogP contribution in [0.15, 0.2) is 27.1 Å². The van der Waals surface area contributed by atoms with Crippen LogP contribution in [-0.2, 0) is 31.9 Å². The first-order valence-corrected chi connectivity index (χ1v) is 8.12. The van der Waals surface area contributed by atoms with Gasteiger partial charge in [-0.15, -0.1) is 0 Å². The van der Waals surface area contributed by atoms with Gasteiger partial charge < -0.3 is 24.1 Å². The number of carbonyl (C=O) groups excluding carboxylic acids is 2. The number of methoxy groups -OCH3 is 2. The Morgan fingerprint density at radius 1 is 1.12 bits per heavy atom. The zero-order valence-electron chi connectivity index (χ0n) is 13.7. The molecule has 0 amide bonds. The number of hydrogen-bond donors (Lipinski definition) is 2. The summed E-state index contributed by atoms with van der Waals surface area (Å²) < 4.78 is 15.2. The zero-order valence-corrected chi connectivity index (χ0v) is 15.3. The third-order valence-electron chi connectivity index (χ3n) is 3.58. The van der Waals surface area contributed by atoms with Crippen LogP contribution in [0.25, 0.3) is 11.3 Å². The molecule has 25 heavy (non-hydrogen) atoms. The highest BCUT2D eigenvalue weighted by atomic mass is 79.9. The highest BCUT2D eigenvalue weighted by molar-refractivity contribution is 9.10. The molecule has 0 spiro atoms. The van der Waals surface area contributed by atoms with Crippen molar-refractivity contribution in [1.29, 1.82) is 0 Å². The SMILES string of the molecule is COC(=O)CCc1ccc(-c2c(O)cc(O)c(Br)c2CC(=O)OC)o1. The van der Waals surface area contributed by atoms with Crippen LogP contribution >= 0.6 is 15.9 Å². The summed E-state index contributed by atoms with van der Waals surface area (Å²) in [4.78, 5) is 22.9. The molecule has 1 aromatic heterocycles. The predicted octanol–water partition coefficient (Wildman–Crippen LogP) is 2.94. The van der Waals surface area contributed by atoms with Gasteiger partial charge in [0.15, 0.2) is 0 Å². The Kier molecular flexibility index (Phi) is 6.08. The summed E-state index contributed by atoms with van der Waals surface area (Å²) in [5, 5.41) is 20.1. The second-order valence-corrected chi connectivity index (χ2v) is 5.97. The van der Waals surface area contributed by atoms with Gasteiger partial charge in [-0.2, -0.15) is 0 Å². The van der Waals surface area contributed by atoms with Crippen LogP contribution in [0, 0.1) is 0 Å². The Bertz CT molecular complexity index is 795. The van der Waals surface area contributed by atoms with Gasteiger partial charge in [-0.05, 0) is 33.6 Å². The molecule has 8 heteroatoms. The van der Waals surface area contributed by atoms with E-state index in [0.29, 0.717) is 23.5 Å². The molecule has 0 aliphatic rings. The molecule has 0 aliphatic heterocycles. The predicted molar refractivity (Wildman–Crippen MR) is 91.2 cm³/mol. The summed E-state index contributed by atoms with van der Waals surface area (Å²) in [6.07, 6.45) is 0.315. The topological polar surface area (TPSA) is 106 Å². The van der Waals surface area contributed by atoms with Crippen molar-refractivity contribution < 1.29 is 33.7 Å². The van der Waals surface area contributed by atoms with E-state index in [9.17, 15) is 19.8 Å². The fourth-order valence-electron chi connectivity index (χ4n) is 2.32. The van der Waals surface area contributed by atoms with Crippen molar-refractivity contribution in [1.82, 2.24) is 0 Å². The number of benzene rings is 1. The Morgan fingerprint density at radius 2 is 1.80 bits per heavy atom. The van der Waals surface area contributed by atoms with E-state index in [2.05, 4.69) is 25.4 Å². The molecular weight excluding hydrogens is 396 g/mol. The lowest BCUT2D eigenvalue weighted by Gasteiger charge is -2.12. The molecule has 0 aliphatic carbocycles. The van der Waals surface area contributed by atoms with Crippen molar-refractivity contribution >= 4 is 27.9 Å². The van der Waals surface area contributed by atoms with Gasteiger partial charge in [0.05, 0.1) is 37.1 Å². The molecule has 0 unspecified atom stereocenters. The number of aryl methyl sites for hydroxylation is 1. The third kappa shape index (κ3) is 4.33. The van der Waals surface area contributed by atoms with Crippen LogP contribution in [0.4, 0.5) is 0 Å². The number of phenols is 2. The van der Waals surface area contributed by atoms with Crippen LogP contribution in [0.1, 0.15) is 17.7 Å². The Balaban J connectivity index is 2.41. The van der Waals surface area contributed by atoms with Gasteiger partial charge in [0.25, 0.3) is 0 Å². The van der Waals surface area contributed by atoms with Gasteiger partial charge in [0.2, 0.25) is 0 Å². The van der Waals surface area contributed by atoms with Crippen LogP contribution in [0.3, 0.4) is 0 Å². The molecule has 0 bridgehead atoms. The summed E-state index contributed by atoms with van der Waals surface area (Å²) >= 11 is 3.21. The average molecular weight is 413 g/mol. The number of carbonyl (C=O) groups is 2. The normalized spacial score (nSPS) is 10.5. The molecule has 0 saturated heterocycles. The molecule has 2 N–H and O–H groups in total. The number of aromatic hydroxyl groups is 2. The zero-order chi connectivity index (χ0) is 18.6. The monoisotopic (exact) mass is 412 g/mol. The Hall–Kier alpha value is -2.48. The van der Waals surface area contributed by atoms with E-state index in [4.69, 9.17) is 4.42 Å². The molecule has 7 nitrogen and oxygen atoms in total. The van der Waals surface area contributed by atoms with Gasteiger partial charge in [-0.25, -0.2) is 0 Å². The maximum atomic E-state index is 11.7. The molecule has 2 aromatic rings. The van der Waals surface area contributed by atoms with Crippen LogP contribution in [0.2, 0.25) is 0 Å². The van der Waals surface area contributed by atoms with Crippen molar-refractivity contribution in [2.24, 2.45) is 0 Å². The van der Waals surface area contributed by atoms with Gasteiger partial charge in [-0.1, -0.05) is 0 Å². The number of esters is 2.